The average Bonchev–Trinajstić information content (AvgIpc) is 2.67. The first kappa shape index (κ1) is 12.2. The summed E-state index contributed by atoms with van der Waals surface area (Å²) in [7, 11) is 1.69. The second kappa shape index (κ2) is 4.96. The highest BCUT2D eigenvalue weighted by Gasteiger charge is 2.31. The lowest BCUT2D eigenvalue weighted by atomic mass is 10.1. The van der Waals surface area contributed by atoms with Crippen molar-refractivity contribution in [3.63, 3.8) is 0 Å². The second-order valence-electron chi connectivity index (χ2n) is 5.12. The minimum absolute atomic E-state index is 0.0348. The van der Waals surface area contributed by atoms with Crippen molar-refractivity contribution in [1.82, 2.24) is 0 Å². The van der Waals surface area contributed by atoms with E-state index in [2.05, 4.69) is 19.2 Å². The lowest BCUT2D eigenvalue weighted by molar-refractivity contribution is -0.00911. The fraction of sp³-hybridized carbons (Fsp3) is 0.571. The van der Waals surface area contributed by atoms with E-state index in [9.17, 15) is 0 Å². The Bertz CT molecular complexity index is 376. The summed E-state index contributed by atoms with van der Waals surface area (Å²) in [4.78, 5) is 0. The fourth-order valence-electron chi connectivity index (χ4n) is 2.24. The lowest BCUT2D eigenvalue weighted by Crippen LogP contribution is -2.24. The normalized spacial score (nSPS) is 22.4. The Morgan fingerprint density at radius 1 is 1.41 bits per heavy atom. The quantitative estimate of drug-likeness (QED) is 0.870. The largest absolute Gasteiger partial charge is 0.495 e. The van der Waals surface area contributed by atoms with Crippen molar-refractivity contribution >= 4 is 5.69 Å². The van der Waals surface area contributed by atoms with E-state index in [0.717, 1.165) is 30.8 Å². The molecule has 3 heteroatoms. The molecule has 0 bridgehead atoms. The van der Waals surface area contributed by atoms with Gasteiger partial charge < -0.3 is 14.8 Å². The third-order valence-corrected chi connectivity index (χ3v) is 3.18. The Morgan fingerprint density at radius 2 is 2.18 bits per heavy atom. The zero-order valence-electron chi connectivity index (χ0n) is 10.8. The zero-order valence-corrected chi connectivity index (χ0v) is 10.8. The third-order valence-electron chi connectivity index (χ3n) is 3.18. The van der Waals surface area contributed by atoms with Gasteiger partial charge in [0, 0.05) is 6.54 Å². The molecule has 0 aliphatic carbocycles. The van der Waals surface area contributed by atoms with E-state index in [4.69, 9.17) is 9.47 Å². The Balaban J connectivity index is 1.90. The number of rotatable bonds is 4. The molecule has 1 N–H and O–H groups in total. The molecule has 1 aromatic carbocycles. The number of hydrogen-bond donors (Lipinski definition) is 1. The van der Waals surface area contributed by atoms with Crippen LogP contribution in [0, 0.1) is 0 Å². The maximum absolute atomic E-state index is 5.94. The van der Waals surface area contributed by atoms with Crippen molar-refractivity contribution in [2.75, 3.05) is 19.0 Å². The van der Waals surface area contributed by atoms with E-state index >= 15 is 0 Å². The van der Waals surface area contributed by atoms with E-state index in [1.807, 2.05) is 24.3 Å². The van der Waals surface area contributed by atoms with Crippen LogP contribution in [0.3, 0.4) is 0 Å². The van der Waals surface area contributed by atoms with E-state index in [1.54, 1.807) is 7.11 Å². The van der Waals surface area contributed by atoms with Crippen LogP contribution in [-0.4, -0.2) is 25.4 Å². The average molecular weight is 235 g/mol. The van der Waals surface area contributed by atoms with Gasteiger partial charge in [-0.25, -0.2) is 0 Å². The number of ether oxygens (including phenoxy) is 2. The highest BCUT2D eigenvalue weighted by Crippen LogP contribution is 2.30. The maximum Gasteiger partial charge on any atom is 0.141 e. The van der Waals surface area contributed by atoms with Crippen LogP contribution in [0.1, 0.15) is 26.7 Å². The molecule has 3 nitrogen and oxygen atoms in total. The zero-order chi connectivity index (χ0) is 12.3. The van der Waals surface area contributed by atoms with Gasteiger partial charge in [0.15, 0.2) is 0 Å². The van der Waals surface area contributed by atoms with Crippen LogP contribution in [0.5, 0.6) is 5.75 Å². The molecule has 0 amide bonds. The molecule has 0 aromatic heterocycles. The molecule has 1 aliphatic heterocycles. The van der Waals surface area contributed by atoms with Crippen LogP contribution >= 0.6 is 0 Å². The van der Waals surface area contributed by atoms with Gasteiger partial charge in [-0.2, -0.15) is 0 Å². The first-order chi connectivity index (χ1) is 8.11. The summed E-state index contributed by atoms with van der Waals surface area (Å²) in [6.07, 6.45) is 2.55. The van der Waals surface area contributed by atoms with E-state index in [0.29, 0.717) is 6.10 Å². The number of para-hydroxylation sites is 2. The highest BCUT2D eigenvalue weighted by molar-refractivity contribution is 5.56. The second-order valence-corrected chi connectivity index (χ2v) is 5.12. The number of benzene rings is 1. The molecule has 2 rings (SSSR count). The molecule has 0 radical (unpaired) electrons. The molecule has 1 unspecified atom stereocenters. The van der Waals surface area contributed by atoms with E-state index in [1.165, 1.54) is 0 Å². The van der Waals surface area contributed by atoms with Gasteiger partial charge in [-0.15, -0.1) is 0 Å². The molecule has 94 valence electrons. The van der Waals surface area contributed by atoms with Gasteiger partial charge >= 0.3 is 0 Å². The van der Waals surface area contributed by atoms with Crippen molar-refractivity contribution in [2.24, 2.45) is 0 Å². The van der Waals surface area contributed by atoms with Gasteiger partial charge in [0.2, 0.25) is 0 Å². The Hall–Kier alpha value is -1.22. The summed E-state index contributed by atoms with van der Waals surface area (Å²) in [5.41, 5.74) is 1.07. The molecule has 17 heavy (non-hydrogen) atoms. The molecule has 0 saturated carbocycles. The number of hydrogen-bond acceptors (Lipinski definition) is 3. The van der Waals surface area contributed by atoms with Crippen molar-refractivity contribution in [3.05, 3.63) is 24.3 Å². The predicted molar refractivity (Wildman–Crippen MR) is 69.7 cm³/mol. The van der Waals surface area contributed by atoms with E-state index < -0.39 is 0 Å². The molecule has 1 aromatic rings. The van der Waals surface area contributed by atoms with Crippen molar-refractivity contribution in [2.45, 2.75) is 38.4 Å². The summed E-state index contributed by atoms with van der Waals surface area (Å²) >= 11 is 0. The summed E-state index contributed by atoms with van der Waals surface area (Å²) in [5.74, 6) is 0.879. The molecule has 1 saturated heterocycles. The SMILES string of the molecule is COc1ccccc1NCC1CCC(C)(C)O1. The molecule has 1 heterocycles. The van der Waals surface area contributed by atoms with Crippen LogP contribution in [0.2, 0.25) is 0 Å². The minimum atomic E-state index is 0.0348. The highest BCUT2D eigenvalue weighted by atomic mass is 16.5. The van der Waals surface area contributed by atoms with Gasteiger partial charge in [0.25, 0.3) is 0 Å². The van der Waals surface area contributed by atoms with Crippen LogP contribution in [-0.2, 0) is 4.74 Å². The lowest BCUT2D eigenvalue weighted by Gasteiger charge is -2.20. The number of nitrogens with one attached hydrogen (secondary N) is 1. The summed E-state index contributed by atoms with van der Waals surface area (Å²) in [6.45, 7) is 5.13. The number of anilines is 1. The third kappa shape index (κ3) is 3.13. The van der Waals surface area contributed by atoms with Gasteiger partial charge in [0.05, 0.1) is 24.5 Å². The van der Waals surface area contributed by atoms with Crippen LogP contribution in [0.4, 0.5) is 5.69 Å². The van der Waals surface area contributed by atoms with Crippen LogP contribution in [0.15, 0.2) is 24.3 Å². The summed E-state index contributed by atoms with van der Waals surface area (Å²) in [6, 6.07) is 7.96. The molecular weight excluding hydrogens is 214 g/mol. The predicted octanol–water partition coefficient (Wildman–Crippen LogP) is 3.06. The van der Waals surface area contributed by atoms with Crippen molar-refractivity contribution < 1.29 is 9.47 Å². The van der Waals surface area contributed by atoms with Gasteiger partial charge in [-0.1, -0.05) is 12.1 Å². The van der Waals surface area contributed by atoms with Crippen molar-refractivity contribution in [3.8, 4) is 5.75 Å². The first-order valence-corrected chi connectivity index (χ1v) is 6.15. The molecule has 1 aliphatic rings. The van der Waals surface area contributed by atoms with E-state index in [-0.39, 0.29) is 5.60 Å². The Labute approximate surface area is 103 Å². The Kier molecular flexibility index (Phi) is 3.57. The molecule has 1 fully saturated rings. The minimum Gasteiger partial charge on any atom is -0.495 e. The van der Waals surface area contributed by atoms with Gasteiger partial charge in [-0.05, 0) is 38.8 Å². The summed E-state index contributed by atoms with van der Waals surface area (Å²) < 4.78 is 11.2. The van der Waals surface area contributed by atoms with Gasteiger partial charge in [0.1, 0.15) is 5.75 Å². The van der Waals surface area contributed by atoms with Crippen LogP contribution < -0.4 is 10.1 Å². The molecule has 0 spiro atoms. The summed E-state index contributed by atoms with van der Waals surface area (Å²) in [5, 5.41) is 3.39. The first-order valence-electron chi connectivity index (χ1n) is 6.15. The van der Waals surface area contributed by atoms with Gasteiger partial charge in [-0.3, -0.25) is 0 Å². The topological polar surface area (TPSA) is 30.5 Å². The standard InChI is InChI=1S/C14H21NO2/c1-14(2)9-8-11(17-14)10-15-12-6-4-5-7-13(12)16-3/h4-7,11,15H,8-10H2,1-3H3. The molecular formula is C14H21NO2. The fourth-order valence-corrected chi connectivity index (χ4v) is 2.24. The monoisotopic (exact) mass is 235 g/mol. The Morgan fingerprint density at radius 3 is 2.82 bits per heavy atom. The van der Waals surface area contributed by atoms with Crippen LogP contribution in [0.25, 0.3) is 0 Å². The number of methoxy groups -OCH3 is 1. The molecule has 1 atom stereocenters. The maximum atomic E-state index is 5.94. The smallest absolute Gasteiger partial charge is 0.141 e. The van der Waals surface area contributed by atoms with Crippen molar-refractivity contribution in [1.29, 1.82) is 0 Å².